The van der Waals surface area contributed by atoms with Crippen molar-refractivity contribution in [3.05, 3.63) is 59.2 Å². The lowest BCUT2D eigenvalue weighted by Crippen LogP contribution is -2.05. The molecule has 130 valence electrons. The molecule has 6 heteroatoms. The van der Waals surface area contributed by atoms with Crippen molar-refractivity contribution in [3.63, 3.8) is 0 Å². The minimum Gasteiger partial charge on any atom is -0.493 e. The van der Waals surface area contributed by atoms with Crippen LogP contribution in [0.25, 0.3) is 11.3 Å². The maximum absolute atomic E-state index is 13.0. The molecule has 0 aliphatic heterocycles. The van der Waals surface area contributed by atoms with Gasteiger partial charge >= 0.3 is 0 Å². The van der Waals surface area contributed by atoms with Crippen LogP contribution in [-0.2, 0) is 6.42 Å². The van der Waals surface area contributed by atoms with Gasteiger partial charge in [-0.05, 0) is 48.4 Å². The van der Waals surface area contributed by atoms with Crippen LogP contribution in [0.15, 0.2) is 47.8 Å². The van der Waals surface area contributed by atoms with Gasteiger partial charge in [0.1, 0.15) is 5.82 Å². The Hall–Kier alpha value is -2.60. The van der Waals surface area contributed by atoms with Crippen LogP contribution in [0.5, 0.6) is 11.5 Å². The molecule has 1 heterocycles. The smallest absolute Gasteiger partial charge is 0.183 e. The Bertz CT molecular complexity index is 834. The SMILES string of the molecule is COc1ccc(CCNc2nc(-c3ccc(F)cc3)cs2)cc1OC. The molecule has 0 spiro atoms. The first-order valence-electron chi connectivity index (χ1n) is 7.86. The van der Waals surface area contributed by atoms with Gasteiger partial charge in [0.25, 0.3) is 0 Å². The number of halogens is 1. The number of benzene rings is 2. The monoisotopic (exact) mass is 358 g/mol. The van der Waals surface area contributed by atoms with E-state index in [1.165, 1.54) is 23.5 Å². The number of aromatic nitrogens is 1. The summed E-state index contributed by atoms with van der Waals surface area (Å²) in [6.45, 7) is 0.756. The Morgan fingerprint density at radius 2 is 1.80 bits per heavy atom. The van der Waals surface area contributed by atoms with E-state index in [1.807, 2.05) is 23.6 Å². The van der Waals surface area contributed by atoms with Crippen LogP contribution >= 0.6 is 11.3 Å². The van der Waals surface area contributed by atoms with Crippen molar-refractivity contribution in [2.75, 3.05) is 26.1 Å². The number of hydrogen-bond acceptors (Lipinski definition) is 5. The number of thiazole rings is 1. The lowest BCUT2D eigenvalue weighted by molar-refractivity contribution is 0.354. The van der Waals surface area contributed by atoms with Crippen LogP contribution < -0.4 is 14.8 Å². The van der Waals surface area contributed by atoms with Crippen molar-refractivity contribution in [1.29, 1.82) is 0 Å². The summed E-state index contributed by atoms with van der Waals surface area (Å²) >= 11 is 1.54. The fourth-order valence-electron chi connectivity index (χ4n) is 2.46. The molecule has 0 bridgehead atoms. The summed E-state index contributed by atoms with van der Waals surface area (Å²) < 4.78 is 23.6. The van der Waals surface area contributed by atoms with Crippen LogP contribution in [0.4, 0.5) is 9.52 Å². The molecule has 0 amide bonds. The zero-order valence-electron chi connectivity index (χ0n) is 14.1. The van der Waals surface area contributed by atoms with Gasteiger partial charge in [-0.25, -0.2) is 9.37 Å². The zero-order chi connectivity index (χ0) is 17.6. The highest BCUT2D eigenvalue weighted by atomic mass is 32.1. The molecule has 1 N–H and O–H groups in total. The summed E-state index contributed by atoms with van der Waals surface area (Å²) in [4.78, 5) is 4.54. The molecular weight excluding hydrogens is 339 g/mol. The Balaban J connectivity index is 1.58. The van der Waals surface area contributed by atoms with Gasteiger partial charge in [0.05, 0.1) is 19.9 Å². The van der Waals surface area contributed by atoms with Gasteiger partial charge in [0.15, 0.2) is 16.6 Å². The highest BCUT2D eigenvalue weighted by molar-refractivity contribution is 7.14. The molecule has 0 unspecified atom stereocenters. The summed E-state index contributed by atoms with van der Waals surface area (Å²) in [7, 11) is 3.26. The number of ether oxygens (including phenoxy) is 2. The van der Waals surface area contributed by atoms with E-state index in [2.05, 4.69) is 10.3 Å². The average Bonchev–Trinajstić information content (AvgIpc) is 3.11. The quantitative estimate of drug-likeness (QED) is 0.669. The number of nitrogens with zero attached hydrogens (tertiary/aromatic N) is 1. The van der Waals surface area contributed by atoms with Crippen molar-refractivity contribution in [2.24, 2.45) is 0 Å². The molecule has 0 saturated carbocycles. The summed E-state index contributed by atoms with van der Waals surface area (Å²) in [6, 6.07) is 12.3. The third-order valence-electron chi connectivity index (χ3n) is 3.78. The number of rotatable bonds is 7. The molecule has 0 fully saturated rings. The topological polar surface area (TPSA) is 43.4 Å². The predicted molar refractivity (Wildman–Crippen MR) is 99.2 cm³/mol. The molecule has 0 atom stereocenters. The summed E-state index contributed by atoms with van der Waals surface area (Å²) in [6.07, 6.45) is 0.839. The van der Waals surface area contributed by atoms with E-state index < -0.39 is 0 Å². The lowest BCUT2D eigenvalue weighted by atomic mass is 10.1. The van der Waals surface area contributed by atoms with Gasteiger partial charge < -0.3 is 14.8 Å². The van der Waals surface area contributed by atoms with E-state index in [0.717, 1.165) is 46.4 Å². The summed E-state index contributed by atoms with van der Waals surface area (Å²) in [5.41, 5.74) is 2.91. The van der Waals surface area contributed by atoms with E-state index in [0.29, 0.717) is 0 Å². The van der Waals surface area contributed by atoms with E-state index in [1.54, 1.807) is 26.4 Å². The Morgan fingerprint density at radius 1 is 1.04 bits per heavy atom. The Morgan fingerprint density at radius 3 is 2.52 bits per heavy atom. The van der Waals surface area contributed by atoms with Gasteiger partial charge in [-0.2, -0.15) is 0 Å². The third-order valence-corrected chi connectivity index (χ3v) is 4.58. The molecule has 0 aliphatic rings. The van der Waals surface area contributed by atoms with E-state index in [-0.39, 0.29) is 5.82 Å². The highest BCUT2D eigenvalue weighted by Gasteiger charge is 2.06. The van der Waals surface area contributed by atoms with Gasteiger partial charge in [-0.15, -0.1) is 11.3 Å². The van der Waals surface area contributed by atoms with Crippen molar-refractivity contribution in [1.82, 2.24) is 4.98 Å². The average molecular weight is 358 g/mol. The minimum absolute atomic E-state index is 0.243. The van der Waals surface area contributed by atoms with Crippen LogP contribution in [0, 0.1) is 5.82 Å². The number of hydrogen-bond donors (Lipinski definition) is 1. The molecule has 0 aliphatic carbocycles. The minimum atomic E-state index is -0.243. The van der Waals surface area contributed by atoms with Crippen LogP contribution in [0.3, 0.4) is 0 Å². The number of methoxy groups -OCH3 is 2. The highest BCUT2D eigenvalue weighted by Crippen LogP contribution is 2.28. The molecule has 0 saturated heterocycles. The summed E-state index contributed by atoms with van der Waals surface area (Å²) in [5, 5.41) is 6.13. The third kappa shape index (κ3) is 4.28. The predicted octanol–water partition coefficient (Wildman–Crippen LogP) is 4.62. The van der Waals surface area contributed by atoms with Crippen molar-refractivity contribution >= 4 is 16.5 Å². The Labute approximate surface area is 150 Å². The molecule has 3 aromatic rings. The largest absolute Gasteiger partial charge is 0.493 e. The first-order chi connectivity index (χ1) is 12.2. The van der Waals surface area contributed by atoms with Crippen LogP contribution in [0.2, 0.25) is 0 Å². The second-order valence-corrected chi connectivity index (χ2v) is 6.27. The molecule has 4 nitrogen and oxygen atoms in total. The molecular formula is C19H19FN2O2S. The maximum Gasteiger partial charge on any atom is 0.183 e. The fraction of sp³-hybridized carbons (Fsp3) is 0.211. The standard InChI is InChI=1S/C19H19FN2O2S/c1-23-17-8-3-13(11-18(17)24-2)9-10-21-19-22-16(12-25-19)14-4-6-15(20)7-5-14/h3-8,11-12H,9-10H2,1-2H3,(H,21,22). The van der Waals surface area contributed by atoms with Crippen molar-refractivity contribution < 1.29 is 13.9 Å². The molecule has 1 aromatic heterocycles. The van der Waals surface area contributed by atoms with Crippen molar-refractivity contribution in [2.45, 2.75) is 6.42 Å². The normalized spacial score (nSPS) is 10.5. The second-order valence-electron chi connectivity index (χ2n) is 5.41. The molecule has 0 radical (unpaired) electrons. The van der Waals surface area contributed by atoms with E-state index >= 15 is 0 Å². The number of anilines is 1. The van der Waals surface area contributed by atoms with Crippen LogP contribution in [0.1, 0.15) is 5.56 Å². The molecule has 25 heavy (non-hydrogen) atoms. The van der Waals surface area contributed by atoms with Gasteiger partial charge in [-0.1, -0.05) is 6.07 Å². The van der Waals surface area contributed by atoms with Crippen LogP contribution in [-0.4, -0.2) is 25.7 Å². The number of nitrogens with one attached hydrogen (secondary N) is 1. The first-order valence-corrected chi connectivity index (χ1v) is 8.74. The van der Waals surface area contributed by atoms with E-state index in [4.69, 9.17) is 9.47 Å². The van der Waals surface area contributed by atoms with Gasteiger partial charge in [0.2, 0.25) is 0 Å². The lowest BCUT2D eigenvalue weighted by Gasteiger charge is -2.09. The first kappa shape index (κ1) is 17.2. The zero-order valence-corrected chi connectivity index (χ0v) is 14.9. The van der Waals surface area contributed by atoms with Crippen molar-refractivity contribution in [3.8, 4) is 22.8 Å². The van der Waals surface area contributed by atoms with Gasteiger partial charge in [-0.3, -0.25) is 0 Å². The molecule has 2 aromatic carbocycles. The molecule has 3 rings (SSSR count). The Kier molecular flexibility index (Phi) is 5.50. The summed E-state index contributed by atoms with van der Waals surface area (Å²) in [5.74, 6) is 1.21. The fourth-order valence-corrected chi connectivity index (χ4v) is 3.21. The maximum atomic E-state index is 13.0. The second kappa shape index (κ2) is 7.98. The van der Waals surface area contributed by atoms with E-state index in [9.17, 15) is 4.39 Å². The van der Waals surface area contributed by atoms with Gasteiger partial charge in [0, 0.05) is 17.5 Å².